The first-order valence-electron chi connectivity index (χ1n) is 8.66. The van der Waals surface area contributed by atoms with Crippen molar-refractivity contribution >= 4 is 35.1 Å². The van der Waals surface area contributed by atoms with E-state index in [1.807, 2.05) is 0 Å². The molecule has 0 aliphatic carbocycles. The molecule has 26 heavy (non-hydrogen) atoms. The van der Waals surface area contributed by atoms with Gasteiger partial charge in [-0.2, -0.15) is 0 Å². The molecule has 1 aromatic carbocycles. The number of fused-ring (bicyclic) bond motifs is 1. The largest absolute Gasteiger partial charge is 0.482 e. The van der Waals surface area contributed by atoms with Crippen molar-refractivity contribution in [3.8, 4) is 5.75 Å². The molecule has 0 saturated carbocycles. The number of rotatable bonds is 4. The average molecular weight is 381 g/mol. The minimum absolute atomic E-state index is 0.106. The van der Waals surface area contributed by atoms with Crippen LogP contribution in [0, 0.1) is 5.92 Å². The van der Waals surface area contributed by atoms with Crippen LogP contribution in [0.15, 0.2) is 18.2 Å². The second-order valence-corrected chi connectivity index (χ2v) is 6.75. The quantitative estimate of drug-likeness (QED) is 0.745. The van der Waals surface area contributed by atoms with Crippen molar-refractivity contribution < 1.29 is 23.9 Å². The van der Waals surface area contributed by atoms with Crippen molar-refractivity contribution in [1.82, 2.24) is 4.90 Å². The van der Waals surface area contributed by atoms with Crippen LogP contribution in [0.3, 0.4) is 0 Å². The van der Waals surface area contributed by atoms with Gasteiger partial charge in [-0.15, -0.1) is 0 Å². The predicted octanol–water partition coefficient (Wildman–Crippen LogP) is 1.87. The first-order chi connectivity index (χ1) is 12.5. The maximum absolute atomic E-state index is 12.7. The Labute approximate surface area is 156 Å². The van der Waals surface area contributed by atoms with Crippen LogP contribution in [0.25, 0.3) is 0 Å². The number of carbonyl (C=O) groups is 3. The molecule has 2 aliphatic rings. The van der Waals surface area contributed by atoms with E-state index in [0.717, 1.165) is 6.42 Å². The van der Waals surface area contributed by atoms with Gasteiger partial charge in [-0.1, -0.05) is 11.6 Å². The first-order valence-corrected chi connectivity index (χ1v) is 9.04. The number of anilines is 1. The topological polar surface area (TPSA) is 76.2 Å². The lowest BCUT2D eigenvalue weighted by Crippen LogP contribution is -2.49. The number of likely N-dealkylation sites (tertiary alicyclic amines) is 1. The Balaban J connectivity index is 1.71. The van der Waals surface area contributed by atoms with Gasteiger partial charge in [0, 0.05) is 18.1 Å². The summed E-state index contributed by atoms with van der Waals surface area (Å²) in [7, 11) is 0. The Morgan fingerprint density at radius 3 is 2.96 bits per heavy atom. The molecule has 8 heteroatoms. The van der Waals surface area contributed by atoms with E-state index in [0.29, 0.717) is 42.6 Å². The fourth-order valence-electron chi connectivity index (χ4n) is 3.24. The molecule has 0 radical (unpaired) electrons. The third kappa shape index (κ3) is 3.93. The lowest BCUT2D eigenvalue weighted by atomic mass is 9.98. The second kappa shape index (κ2) is 7.95. The Morgan fingerprint density at radius 1 is 1.38 bits per heavy atom. The molecule has 2 heterocycles. The van der Waals surface area contributed by atoms with Crippen molar-refractivity contribution in [1.29, 1.82) is 0 Å². The van der Waals surface area contributed by atoms with Crippen molar-refractivity contribution in [3.63, 3.8) is 0 Å². The Bertz CT molecular complexity index is 724. The highest BCUT2D eigenvalue weighted by Crippen LogP contribution is 2.34. The van der Waals surface area contributed by atoms with Gasteiger partial charge >= 0.3 is 5.97 Å². The zero-order valence-electron chi connectivity index (χ0n) is 14.6. The number of esters is 1. The minimum atomic E-state index is -0.310. The highest BCUT2D eigenvalue weighted by atomic mass is 35.5. The van der Waals surface area contributed by atoms with E-state index in [9.17, 15) is 14.4 Å². The summed E-state index contributed by atoms with van der Waals surface area (Å²) in [5.41, 5.74) is 0.487. The molecule has 1 saturated heterocycles. The molecule has 2 aliphatic heterocycles. The first kappa shape index (κ1) is 18.5. The maximum Gasteiger partial charge on any atom is 0.310 e. The molecule has 140 valence electrons. The van der Waals surface area contributed by atoms with E-state index in [1.165, 1.54) is 4.90 Å². The summed E-state index contributed by atoms with van der Waals surface area (Å²) in [6.07, 6.45) is 1.44. The van der Waals surface area contributed by atoms with E-state index in [2.05, 4.69) is 0 Å². The highest BCUT2D eigenvalue weighted by molar-refractivity contribution is 6.31. The van der Waals surface area contributed by atoms with Crippen LogP contribution >= 0.6 is 11.6 Å². The summed E-state index contributed by atoms with van der Waals surface area (Å²) in [6.45, 7) is 2.74. The van der Waals surface area contributed by atoms with Gasteiger partial charge in [-0.25, -0.2) is 0 Å². The smallest absolute Gasteiger partial charge is 0.310 e. The molecule has 0 aromatic heterocycles. The van der Waals surface area contributed by atoms with Crippen molar-refractivity contribution in [2.45, 2.75) is 19.8 Å². The number of nitrogens with zero attached hydrogens (tertiary/aromatic N) is 2. The monoisotopic (exact) mass is 380 g/mol. The lowest BCUT2D eigenvalue weighted by Gasteiger charge is -2.34. The molecule has 0 spiro atoms. The van der Waals surface area contributed by atoms with Crippen LogP contribution < -0.4 is 9.64 Å². The maximum atomic E-state index is 12.7. The van der Waals surface area contributed by atoms with E-state index in [-0.39, 0.29) is 36.9 Å². The predicted molar refractivity (Wildman–Crippen MR) is 95.2 cm³/mol. The molecule has 1 atom stereocenters. The molecule has 0 unspecified atom stereocenters. The van der Waals surface area contributed by atoms with Gasteiger partial charge in [0.1, 0.15) is 12.3 Å². The van der Waals surface area contributed by atoms with Gasteiger partial charge in [0.05, 0.1) is 18.2 Å². The van der Waals surface area contributed by atoms with Crippen LogP contribution in [-0.4, -0.2) is 55.5 Å². The summed E-state index contributed by atoms with van der Waals surface area (Å²) in [5, 5.41) is 0.458. The van der Waals surface area contributed by atoms with Crippen LogP contribution in [-0.2, 0) is 19.1 Å². The fourth-order valence-corrected chi connectivity index (χ4v) is 3.41. The van der Waals surface area contributed by atoms with E-state index in [1.54, 1.807) is 30.0 Å². The highest BCUT2D eigenvalue weighted by Gasteiger charge is 2.33. The number of amides is 2. The van der Waals surface area contributed by atoms with Crippen LogP contribution in [0.2, 0.25) is 5.02 Å². The molecule has 2 amide bonds. The molecule has 0 N–H and O–H groups in total. The molecule has 1 aromatic rings. The average Bonchev–Trinajstić information content (AvgIpc) is 2.64. The van der Waals surface area contributed by atoms with Crippen LogP contribution in [0.4, 0.5) is 5.69 Å². The SMILES string of the molecule is CCOC(=O)[C@H]1CCCN(C(=O)CN2C(=O)COc3ccc(Cl)cc32)C1. The number of ether oxygens (including phenoxy) is 2. The summed E-state index contributed by atoms with van der Waals surface area (Å²) in [4.78, 5) is 40.0. The van der Waals surface area contributed by atoms with Crippen molar-refractivity contribution in [2.75, 3.05) is 37.7 Å². The third-order valence-electron chi connectivity index (χ3n) is 4.55. The molecule has 0 bridgehead atoms. The standard InChI is InChI=1S/C18H21ClN2O5/c1-2-25-18(24)12-4-3-7-20(9-12)16(22)10-21-14-8-13(19)5-6-15(14)26-11-17(21)23/h5-6,8,12H,2-4,7,9-11H2,1H3/t12-/m0/s1. The third-order valence-corrected chi connectivity index (χ3v) is 4.79. The van der Waals surface area contributed by atoms with E-state index >= 15 is 0 Å². The number of hydrogen-bond donors (Lipinski definition) is 0. The van der Waals surface area contributed by atoms with E-state index < -0.39 is 0 Å². The minimum Gasteiger partial charge on any atom is -0.482 e. The zero-order chi connectivity index (χ0) is 18.7. The van der Waals surface area contributed by atoms with E-state index in [4.69, 9.17) is 21.1 Å². The number of benzene rings is 1. The number of halogens is 1. The Morgan fingerprint density at radius 2 is 2.19 bits per heavy atom. The van der Waals surface area contributed by atoms with Gasteiger partial charge in [-0.3, -0.25) is 19.3 Å². The summed E-state index contributed by atoms with van der Waals surface area (Å²) >= 11 is 6.02. The van der Waals surface area contributed by atoms with Gasteiger partial charge < -0.3 is 14.4 Å². The van der Waals surface area contributed by atoms with Gasteiger partial charge in [-0.05, 0) is 38.0 Å². The number of carbonyl (C=O) groups excluding carboxylic acids is 3. The molecule has 3 rings (SSSR count). The van der Waals surface area contributed by atoms with Crippen molar-refractivity contribution in [3.05, 3.63) is 23.2 Å². The lowest BCUT2D eigenvalue weighted by molar-refractivity contribution is -0.151. The van der Waals surface area contributed by atoms with Crippen LogP contribution in [0.1, 0.15) is 19.8 Å². The van der Waals surface area contributed by atoms with Gasteiger partial charge in [0.25, 0.3) is 5.91 Å². The van der Waals surface area contributed by atoms with Crippen LogP contribution in [0.5, 0.6) is 5.75 Å². The normalized spacial score (nSPS) is 19.6. The van der Waals surface area contributed by atoms with Crippen molar-refractivity contribution in [2.24, 2.45) is 5.92 Å². The number of hydrogen-bond acceptors (Lipinski definition) is 5. The van der Waals surface area contributed by atoms with Gasteiger partial charge in [0.15, 0.2) is 6.61 Å². The summed E-state index contributed by atoms with van der Waals surface area (Å²) < 4.78 is 10.5. The zero-order valence-corrected chi connectivity index (χ0v) is 15.3. The molecule has 7 nitrogen and oxygen atoms in total. The Hall–Kier alpha value is -2.28. The Kier molecular flexibility index (Phi) is 5.66. The molecule has 1 fully saturated rings. The number of piperidine rings is 1. The fraction of sp³-hybridized carbons (Fsp3) is 0.500. The second-order valence-electron chi connectivity index (χ2n) is 6.31. The van der Waals surface area contributed by atoms with Gasteiger partial charge in [0.2, 0.25) is 5.91 Å². The molecular formula is C18H21ClN2O5. The molecular weight excluding hydrogens is 360 g/mol. The summed E-state index contributed by atoms with van der Waals surface area (Å²) in [6, 6.07) is 4.96. The summed E-state index contributed by atoms with van der Waals surface area (Å²) in [5.74, 6) is -0.573.